The molecule has 2 rings (SSSR count). The second-order valence-electron chi connectivity index (χ2n) is 5.32. The zero-order valence-electron chi connectivity index (χ0n) is 11.2. The largest absolute Gasteiger partial charge is 0.468 e. The Bertz CT molecular complexity index is 449. The van der Waals surface area contributed by atoms with E-state index in [0.29, 0.717) is 11.3 Å². The molecule has 2 unspecified atom stereocenters. The number of nitriles is 1. The molecule has 0 amide bonds. The van der Waals surface area contributed by atoms with Gasteiger partial charge in [0.05, 0.1) is 12.3 Å². The third-order valence-electron chi connectivity index (χ3n) is 3.35. The average molecular weight is 264 g/mol. The normalized spacial score (nSPS) is 27.6. The van der Waals surface area contributed by atoms with Gasteiger partial charge in [0, 0.05) is 16.2 Å². The van der Waals surface area contributed by atoms with Crippen LogP contribution in [0.4, 0.5) is 0 Å². The summed E-state index contributed by atoms with van der Waals surface area (Å²) in [6, 6.07) is 4.85. The molecule has 18 heavy (non-hydrogen) atoms. The van der Waals surface area contributed by atoms with E-state index >= 15 is 0 Å². The molecule has 1 aliphatic rings. The lowest BCUT2D eigenvalue weighted by atomic mass is 9.99. The van der Waals surface area contributed by atoms with Crippen molar-refractivity contribution in [3.8, 4) is 6.07 Å². The van der Waals surface area contributed by atoms with Crippen molar-refractivity contribution in [1.29, 1.82) is 5.26 Å². The van der Waals surface area contributed by atoms with Gasteiger partial charge < -0.3 is 4.42 Å². The standard InChI is InChI=1S/C14H20N2OS/c1-10(2)16-14(9-15)6-4-12(8-14)18-13-5-7-17-11(13)3/h5,7,10,12,16H,4,6,8H2,1-3H3. The third kappa shape index (κ3) is 2.90. The quantitative estimate of drug-likeness (QED) is 0.904. The monoisotopic (exact) mass is 264 g/mol. The van der Waals surface area contributed by atoms with E-state index in [-0.39, 0.29) is 5.54 Å². The second-order valence-corrected chi connectivity index (χ2v) is 6.66. The van der Waals surface area contributed by atoms with E-state index in [4.69, 9.17) is 4.42 Å². The first-order chi connectivity index (χ1) is 8.54. The van der Waals surface area contributed by atoms with Gasteiger partial charge in [0.25, 0.3) is 0 Å². The van der Waals surface area contributed by atoms with Crippen LogP contribution in [-0.4, -0.2) is 16.8 Å². The molecular formula is C14H20N2OS. The van der Waals surface area contributed by atoms with Crippen LogP contribution < -0.4 is 5.32 Å². The number of rotatable bonds is 4. The van der Waals surface area contributed by atoms with Crippen molar-refractivity contribution in [2.75, 3.05) is 0 Å². The summed E-state index contributed by atoms with van der Waals surface area (Å²) in [4.78, 5) is 1.21. The van der Waals surface area contributed by atoms with Crippen LogP contribution in [0.3, 0.4) is 0 Å². The molecule has 1 saturated carbocycles. The van der Waals surface area contributed by atoms with Crippen molar-refractivity contribution in [2.24, 2.45) is 0 Å². The summed E-state index contributed by atoms with van der Waals surface area (Å²) in [6.07, 6.45) is 4.67. The highest BCUT2D eigenvalue weighted by Crippen LogP contribution is 2.41. The maximum absolute atomic E-state index is 9.42. The highest BCUT2D eigenvalue weighted by molar-refractivity contribution is 8.00. The summed E-state index contributed by atoms with van der Waals surface area (Å²) in [7, 11) is 0. The van der Waals surface area contributed by atoms with Crippen molar-refractivity contribution >= 4 is 11.8 Å². The summed E-state index contributed by atoms with van der Waals surface area (Å²) < 4.78 is 5.32. The van der Waals surface area contributed by atoms with Gasteiger partial charge in [0.15, 0.2) is 0 Å². The molecule has 1 N–H and O–H groups in total. The summed E-state index contributed by atoms with van der Waals surface area (Å²) in [5, 5.41) is 13.4. The molecule has 0 saturated heterocycles. The number of hydrogen-bond acceptors (Lipinski definition) is 4. The Morgan fingerprint density at radius 1 is 1.61 bits per heavy atom. The number of nitrogens with one attached hydrogen (secondary N) is 1. The van der Waals surface area contributed by atoms with Crippen molar-refractivity contribution in [2.45, 2.75) is 61.8 Å². The van der Waals surface area contributed by atoms with E-state index in [1.165, 1.54) is 4.90 Å². The second kappa shape index (κ2) is 5.38. The molecule has 1 aromatic rings. The molecule has 98 valence electrons. The van der Waals surface area contributed by atoms with Gasteiger partial charge in [-0.3, -0.25) is 5.32 Å². The first-order valence-electron chi connectivity index (χ1n) is 6.44. The molecule has 1 aliphatic carbocycles. The zero-order valence-corrected chi connectivity index (χ0v) is 12.0. The van der Waals surface area contributed by atoms with E-state index in [0.717, 1.165) is 25.0 Å². The number of thioether (sulfide) groups is 1. The first-order valence-corrected chi connectivity index (χ1v) is 7.32. The Morgan fingerprint density at radius 3 is 2.94 bits per heavy atom. The number of aryl methyl sites for hydroxylation is 1. The summed E-state index contributed by atoms with van der Waals surface area (Å²) in [5.41, 5.74) is -0.330. The van der Waals surface area contributed by atoms with Crippen LogP contribution in [0.5, 0.6) is 0 Å². The fourth-order valence-corrected chi connectivity index (χ4v) is 3.90. The number of hydrogen-bond donors (Lipinski definition) is 1. The fourth-order valence-electron chi connectivity index (χ4n) is 2.59. The zero-order chi connectivity index (χ0) is 13.2. The van der Waals surface area contributed by atoms with Crippen LogP contribution in [0, 0.1) is 18.3 Å². The molecule has 2 atom stereocenters. The van der Waals surface area contributed by atoms with E-state index in [2.05, 4.69) is 25.2 Å². The molecule has 0 aromatic carbocycles. The molecule has 0 aliphatic heterocycles. The van der Waals surface area contributed by atoms with E-state index in [1.54, 1.807) is 6.26 Å². The highest BCUT2D eigenvalue weighted by Gasteiger charge is 2.40. The van der Waals surface area contributed by atoms with Crippen LogP contribution in [0.15, 0.2) is 21.6 Å². The van der Waals surface area contributed by atoms with Gasteiger partial charge in [0.1, 0.15) is 11.3 Å². The lowest BCUT2D eigenvalue weighted by Crippen LogP contribution is -2.45. The Balaban J connectivity index is 1.99. The van der Waals surface area contributed by atoms with E-state index in [1.807, 2.05) is 24.8 Å². The van der Waals surface area contributed by atoms with Crippen molar-refractivity contribution in [3.63, 3.8) is 0 Å². The topological polar surface area (TPSA) is 49.0 Å². The number of furan rings is 1. The van der Waals surface area contributed by atoms with Crippen LogP contribution in [0.2, 0.25) is 0 Å². The average Bonchev–Trinajstić information content (AvgIpc) is 2.88. The lowest BCUT2D eigenvalue weighted by Gasteiger charge is -2.25. The van der Waals surface area contributed by atoms with Gasteiger partial charge in [-0.15, -0.1) is 11.8 Å². The van der Waals surface area contributed by atoms with Crippen LogP contribution in [0.25, 0.3) is 0 Å². The fraction of sp³-hybridized carbons (Fsp3) is 0.643. The van der Waals surface area contributed by atoms with Gasteiger partial charge in [0.2, 0.25) is 0 Å². The summed E-state index contributed by atoms with van der Waals surface area (Å²) in [6.45, 7) is 6.18. The SMILES string of the molecule is Cc1occc1SC1CCC(C#N)(NC(C)C)C1. The number of nitrogens with zero attached hydrogens (tertiary/aromatic N) is 1. The Morgan fingerprint density at radius 2 is 2.39 bits per heavy atom. The molecule has 4 heteroatoms. The van der Waals surface area contributed by atoms with Crippen LogP contribution in [-0.2, 0) is 0 Å². The van der Waals surface area contributed by atoms with Crippen molar-refractivity contribution < 1.29 is 4.42 Å². The molecule has 3 nitrogen and oxygen atoms in total. The van der Waals surface area contributed by atoms with E-state index in [9.17, 15) is 5.26 Å². The molecule has 1 fully saturated rings. The molecule has 1 aromatic heterocycles. The minimum Gasteiger partial charge on any atom is -0.468 e. The lowest BCUT2D eigenvalue weighted by molar-refractivity contribution is 0.386. The molecule has 0 radical (unpaired) electrons. The van der Waals surface area contributed by atoms with Crippen molar-refractivity contribution in [1.82, 2.24) is 5.32 Å². The highest BCUT2D eigenvalue weighted by atomic mass is 32.2. The maximum atomic E-state index is 9.42. The first kappa shape index (κ1) is 13.5. The Labute approximate surface area is 113 Å². The Hall–Kier alpha value is -0.920. The molecule has 0 bridgehead atoms. The predicted molar refractivity (Wildman–Crippen MR) is 73.6 cm³/mol. The molecule has 1 heterocycles. The third-order valence-corrected chi connectivity index (χ3v) is 4.77. The Kier molecular flexibility index (Phi) is 4.04. The molecular weight excluding hydrogens is 244 g/mol. The van der Waals surface area contributed by atoms with Crippen LogP contribution >= 0.6 is 11.8 Å². The summed E-state index contributed by atoms with van der Waals surface area (Å²) >= 11 is 1.84. The minimum atomic E-state index is -0.330. The molecule has 0 spiro atoms. The minimum absolute atomic E-state index is 0.330. The van der Waals surface area contributed by atoms with Gasteiger partial charge in [-0.2, -0.15) is 5.26 Å². The van der Waals surface area contributed by atoms with Crippen molar-refractivity contribution in [3.05, 3.63) is 18.1 Å². The van der Waals surface area contributed by atoms with Gasteiger partial charge >= 0.3 is 0 Å². The summed E-state index contributed by atoms with van der Waals surface area (Å²) in [5.74, 6) is 0.978. The van der Waals surface area contributed by atoms with Gasteiger partial charge in [-0.05, 0) is 46.1 Å². The van der Waals surface area contributed by atoms with E-state index < -0.39 is 0 Å². The smallest absolute Gasteiger partial charge is 0.114 e. The maximum Gasteiger partial charge on any atom is 0.114 e. The van der Waals surface area contributed by atoms with Gasteiger partial charge in [-0.1, -0.05) is 0 Å². The van der Waals surface area contributed by atoms with Crippen LogP contribution in [0.1, 0.15) is 38.9 Å². The van der Waals surface area contributed by atoms with Gasteiger partial charge in [-0.25, -0.2) is 0 Å². The predicted octanol–water partition coefficient (Wildman–Crippen LogP) is 3.49.